The van der Waals surface area contributed by atoms with Crippen molar-refractivity contribution in [2.24, 2.45) is 5.10 Å². The minimum Gasteiger partial charge on any atom is -0.454 e. The summed E-state index contributed by atoms with van der Waals surface area (Å²) in [5.41, 5.74) is 4.85. The maximum absolute atomic E-state index is 12.4. The number of hydrogen-bond acceptors (Lipinski definition) is 4. The van der Waals surface area contributed by atoms with Crippen LogP contribution in [-0.4, -0.2) is 23.5 Å². The topological polar surface area (TPSA) is 64.8 Å². The zero-order valence-corrected chi connectivity index (χ0v) is 14.4. The van der Waals surface area contributed by atoms with Gasteiger partial charge >= 0.3 is 0 Å². The van der Waals surface area contributed by atoms with Gasteiger partial charge in [0.05, 0.1) is 11.3 Å². The number of aromatic nitrogens is 1. The van der Waals surface area contributed by atoms with E-state index in [1.807, 2.05) is 71.6 Å². The van der Waals surface area contributed by atoms with Gasteiger partial charge in [-0.3, -0.25) is 4.79 Å². The first-order valence-electron chi connectivity index (χ1n) is 8.43. The van der Waals surface area contributed by atoms with Crippen LogP contribution in [0.1, 0.15) is 15.9 Å². The predicted octanol–water partition coefficient (Wildman–Crippen LogP) is 3.64. The molecule has 27 heavy (non-hydrogen) atoms. The maximum Gasteiger partial charge on any atom is 0.273 e. The molecule has 1 aliphatic heterocycles. The molecule has 6 heteroatoms. The van der Waals surface area contributed by atoms with Crippen LogP contribution < -0.4 is 14.9 Å². The van der Waals surface area contributed by atoms with Gasteiger partial charge in [-0.1, -0.05) is 24.3 Å². The van der Waals surface area contributed by atoms with Crippen molar-refractivity contribution in [1.82, 2.24) is 9.99 Å². The van der Waals surface area contributed by atoms with E-state index in [0.717, 1.165) is 22.7 Å². The number of ether oxygens (including phenoxy) is 2. The number of hydrogen-bond donors (Lipinski definition) is 1. The Hall–Kier alpha value is -3.80. The lowest BCUT2D eigenvalue weighted by molar-refractivity contribution is 0.0955. The number of amides is 1. The number of carbonyl (C=O) groups excluding carboxylic acids is 1. The predicted molar refractivity (Wildman–Crippen MR) is 103 cm³/mol. The van der Waals surface area contributed by atoms with E-state index in [9.17, 15) is 4.79 Å². The molecule has 2 aromatic carbocycles. The molecular weight excluding hydrogens is 342 g/mol. The van der Waals surface area contributed by atoms with E-state index in [4.69, 9.17) is 9.47 Å². The maximum atomic E-state index is 12.4. The molecule has 4 rings (SSSR count). The molecule has 1 aliphatic rings. The number of carbonyl (C=O) groups is 1. The molecule has 3 aromatic rings. The van der Waals surface area contributed by atoms with Crippen molar-refractivity contribution in [3.63, 3.8) is 0 Å². The first kappa shape index (κ1) is 16.7. The Kier molecular flexibility index (Phi) is 4.70. The second-order valence-corrected chi connectivity index (χ2v) is 5.80. The summed E-state index contributed by atoms with van der Waals surface area (Å²) in [7, 11) is 0. The van der Waals surface area contributed by atoms with Gasteiger partial charge in [0.1, 0.15) is 0 Å². The molecule has 0 spiro atoms. The van der Waals surface area contributed by atoms with Crippen LogP contribution >= 0.6 is 0 Å². The summed E-state index contributed by atoms with van der Waals surface area (Å²) < 4.78 is 12.5. The van der Waals surface area contributed by atoms with Gasteiger partial charge in [0.2, 0.25) is 6.79 Å². The van der Waals surface area contributed by atoms with Gasteiger partial charge in [-0.2, -0.15) is 5.10 Å². The Morgan fingerprint density at radius 3 is 2.74 bits per heavy atom. The zero-order valence-electron chi connectivity index (χ0n) is 14.4. The Balaban J connectivity index is 1.40. The third-order valence-electron chi connectivity index (χ3n) is 4.04. The molecule has 0 aliphatic carbocycles. The first-order chi connectivity index (χ1) is 13.3. The number of nitrogens with zero attached hydrogens (tertiary/aromatic N) is 2. The number of hydrazone groups is 1. The molecule has 0 fully saturated rings. The van der Waals surface area contributed by atoms with Crippen molar-refractivity contribution in [2.45, 2.75) is 0 Å². The lowest BCUT2D eigenvalue weighted by Crippen LogP contribution is -2.19. The Bertz CT molecular complexity index is 1010. The van der Waals surface area contributed by atoms with Gasteiger partial charge in [-0.05, 0) is 48.0 Å². The number of nitrogens with one attached hydrogen (secondary N) is 1. The highest BCUT2D eigenvalue weighted by Gasteiger charge is 2.12. The van der Waals surface area contributed by atoms with Crippen LogP contribution in [0.5, 0.6) is 11.5 Å². The molecule has 1 N–H and O–H groups in total. The molecule has 0 saturated heterocycles. The summed E-state index contributed by atoms with van der Waals surface area (Å²) in [5.74, 6) is 1.20. The highest BCUT2D eigenvalue weighted by molar-refractivity contribution is 5.98. The van der Waals surface area contributed by atoms with E-state index >= 15 is 0 Å². The first-order valence-corrected chi connectivity index (χ1v) is 8.43. The number of benzene rings is 2. The van der Waals surface area contributed by atoms with Crippen molar-refractivity contribution in [1.29, 1.82) is 0 Å². The molecule has 134 valence electrons. The SMILES string of the molecule is O=C(N/N=C/C=C/c1ccc2c(c1)OCO2)c1ccccc1-n1cccc1. The fraction of sp³-hybridized carbons (Fsp3) is 0.0476. The summed E-state index contributed by atoms with van der Waals surface area (Å²) in [6, 6.07) is 16.9. The molecule has 0 radical (unpaired) electrons. The van der Waals surface area contributed by atoms with Gasteiger partial charge in [0, 0.05) is 18.6 Å². The number of fused-ring (bicyclic) bond motifs is 1. The molecule has 0 bridgehead atoms. The highest BCUT2D eigenvalue weighted by Crippen LogP contribution is 2.32. The van der Waals surface area contributed by atoms with Gasteiger partial charge < -0.3 is 14.0 Å². The number of para-hydroxylation sites is 1. The second kappa shape index (κ2) is 7.61. The normalized spacial score (nSPS) is 12.7. The summed E-state index contributed by atoms with van der Waals surface area (Å²) in [6.45, 7) is 0.250. The fourth-order valence-corrected chi connectivity index (χ4v) is 2.76. The van der Waals surface area contributed by atoms with Crippen LogP contribution in [0, 0.1) is 0 Å². The monoisotopic (exact) mass is 359 g/mol. The van der Waals surface area contributed by atoms with Crippen LogP contribution in [-0.2, 0) is 0 Å². The number of allylic oxidation sites excluding steroid dienone is 1. The summed E-state index contributed by atoms with van der Waals surface area (Å²) >= 11 is 0. The van der Waals surface area contributed by atoms with E-state index in [-0.39, 0.29) is 12.7 Å². The third-order valence-corrected chi connectivity index (χ3v) is 4.04. The molecule has 2 heterocycles. The standard InChI is InChI=1S/C21H17N3O3/c25-21(17-7-1-2-8-18(17)24-12-3-4-13-24)23-22-11-5-6-16-9-10-19-20(14-16)27-15-26-19/h1-14H,15H2,(H,23,25)/b6-5+,22-11+. The summed E-state index contributed by atoms with van der Waals surface area (Å²) in [5, 5.41) is 3.98. The molecule has 6 nitrogen and oxygen atoms in total. The van der Waals surface area contributed by atoms with E-state index < -0.39 is 0 Å². The Labute approximate surface area is 156 Å². The van der Waals surface area contributed by atoms with Crippen molar-refractivity contribution >= 4 is 18.2 Å². The average Bonchev–Trinajstić information content (AvgIpc) is 3.39. The van der Waals surface area contributed by atoms with Crippen molar-refractivity contribution in [3.8, 4) is 17.2 Å². The highest BCUT2D eigenvalue weighted by atomic mass is 16.7. The lowest BCUT2D eigenvalue weighted by atomic mass is 10.1. The Morgan fingerprint density at radius 2 is 1.85 bits per heavy atom. The van der Waals surface area contributed by atoms with Crippen molar-refractivity contribution in [2.75, 3.05) is 6.79 Å². The lowest BCUT2D eigenvalue weighted by Gasteiger charge is -2.08. The molecular formula is C21H17N3O3. The molecule has 0 atom stereocenters. The van der Waals surface area contributed by atoms with Crippen molar-refractivity contribution < 1.29 is 14.3 Å². The quantitative estimate of drug-likeness (QED) is 0.559. The van der Waals surface area contributed by atoms with Crippen LogP contribution in [0.3, 0.4) is 0 Å². The Morgan fingerprint density at radius 1 is 1.04 bits per heavy atom. The van der Waals surface area contributed by atoms with Crippen molar-refractivity contribution in [3.05, 3.63) is 84.2 Å². The zero-order chi connectivity index (χ0) is 18.5. The van der Waals surface area contributed by atoms with Gasteiger partial charge in [0.15, 0.2) is 11.5 Å². The molecule has 0 unspecified atom stereocenters. The van der Waals surface area contributed by atoms with Gasteiger partial charge in [-0.15, -0.1) is 0 Å². The number of rotatable bonds is 5. The average molecular weight is 359 g/mol. The minimum atomic E-state index is -0.271. The van der Waals surface area contributed by atoms with E-state index in [2.05, 4.69) is 10.5 Å². The van der Waals surface area contributed by atoms with Crippen LogP contribution in [0.4, 0.5) is 0 Å². The van der Waals surface area contributed by atoms with Gasteiger partial charge in [-0.25, -0.2) is 5.43 Å². The van der Waals surface area contributed by atoms with Crippen LogP contribution in [0.2, 0.25) is 0 Å². The third kappa shape index (κ3) is 3.74. The summed E-state index contributed by atoms with van der Waals surface area (Å²) in [4.78, 5) is 12.4. The van der Waals surface area contributed by atoms with Gasteiger partial charge in [0.25, 0.3) is 5.91 Å². The van der Waals surface area contributed by atoms with E-state index in [1.54, 1.807) is 12.1 Å². The molecule has 0 saturated carbocycles. The van der Waals surface area contributed by atoms with E-state index in [1.165, 1.54) is 6.21 Å². The molecule has 1 amide bonds. The molecule has 1 aromatic heterocycles. The summed E-state index contributed by atoms with van der Waals surface area (Å²) in [6.07, 6.45) is 8.93. The van der Waals surface area contributed by atoms with Crippen LogP contribution in [0.25, 0.3) is 11.8 Å². The minimum absolute atomic E-state index is 0.250. The second-order valence-electron chi connectivity index (χ2n) is 5.80. The van der Waals surface area contributed by atoms with E-state index in [0.29, 0.717) is 5.56 Å². The smallest absolute Gasteiger partial charge is 0.273 e. The van der Waals surface area contributed by atoms with Crippen LogP contribution in [0.15, 0.2) is 78.2 Å². The fourth-order valence-electron chi connectivity index (χ4n) is 2.76. The largest absolute Gasteiger partial charge is 0.454 e.